The molecule has 47 heavy (non-hydrogen) atoms. The summed E-state index contributed by atoms with van der Waals surface area (Å²) in [4.78, 5) is 17.9. The summed E-state index contributed by atoms with van der Waals surface area (Å²) in [5.41, 5.74) is 9.99. The first-order valence-electron chi connectivity index (χ1n) is 15.8. The van der Waals surface area contributed by atoms with Gasteiger partial charge in [-0.05, 0) is 46.0 Å². The average molecular weight is 602 g/mol. The zero-order valence-electron chi connectivity index (χ0n) is 25.3. The summed E-state index contributed by atoms with van der Waals surface area (Å²) < 4.78 is 2.25. The normalized spacial score (nSPS) is 11.8. The SMILES string of the molecule is c1ccc2cn(-c3c(-c4ccc5ccccc5n4)nc4cccc(-c5c[nH]c6ccccc56)c4c3-c3[nH]cc4ccccc34)cc2c1. The Morgan fingerprint density at radius 2 is 1.19 bits per heavy atom. The lowest BCUT2D eigenvalue weighted by Crippen LogP contribution is -2.04. The molecule has 0 aliphatic carbocycles. The molecule has 2 N–H and O–H groups in total. The number of para-hydroxylation sites is 2. The number of fused-ring (bicyclic) bond motifs is 5. The van der Waals surface area contributed by atoms with Crippen molar-refractivity contribution in [2.45, 2.75) is 0 Å². The second-order valence-corrected chi connectivity index (χ2v) is 12.1. The minimum Gasteiger partial charge on any atom is -0.361 e. The Labute approximate surface area is 269 Å². The molecule has 5 heterocycles. The van der Waals surface area contributed by atoms with Gasteiger partial charge in [-0.15, -0.1) is 0 Å². The van der Waals surface area contributed by atoms with Crippen LogP contribution in [0.2, 0.25) is 0 Å². The molecule has 0 aliphatic heterocycles. The van der Waals surface area contributed by atoms with E-state index in [4.69, 9.17) is 9.97 Å². The van der Waals surface area contributed by atoms with Crippen LogP contribution in [-0.2, 0) is 0 Å². The van der Waals surface area contributed by atoms with Crippen LogP contribution in [0, 0.1) is 0 Å². The van der Waals surface area contributed by atoms with Gasteiger partial charge in [-0.25, -0.2) is 9.97 Å². The van der Waals surface area contributed by atoms with Crippen molar-refractivity contribution in [1.29, 1.82) is 0 Å². The Balaban J connectivity index is 1.41. The fourth-order valence-corrected chi connectivity index (χ4v) is 7.19. The van der Waals surface area contributed by atoms with Crippen LogP contribution in [0.1, 0.15) is 0 Å². The molecule has 0 spiro atoms. The summed E-state index contributed by atoms with van der Waals surface area (Å²) in [5.74, 6) is 0. The van der Waals surface area contributed by atoms with E-state index in [1.807, 2.05) is 6.07 Å². The highest BCUT2D eigenvalue weighted by atomic mass is 15.0. The molecule has 5 nitrogen and oxygen atoms in total. The maximum absolute atomic E-state index is 5.49. The lowest BCUT2D eigenvalue weighted by Gasteiger charge is -2.20. The first kappa shape index (κ1) is 25.8. The summed E-state index contributed by atoms with van der Waals surface area (Å²) in [5, 5.41) is 8.00. The Morgan fingerprint density at radius 3 is 2.04 bits per heavy atom. The van der Waals surface area contributed by atoms with Gasteiger partial charge in [0.05, 0.1) is 28.1 Å². The fraction of sp³-hybridized carbons (Fsp3) is 0. The fourth-order valence-electron chi connectivity index (χ4n) is 7.19. The van der Waals surface area contributed by atoms with E-state index >= 15 is 0 Å². The minimum atomic E-state index is 0.827. The van der Waals surface area contributed by atoms with Crippen molar-refractivity contribution in [3.63, 3.8) is 0 Å². The zero-order valence-corrected chi connectivity index (χ0v) is 25.3. The van der Waals surface area contributed by atoms with Crippen molar-refractivity contribution in [3.05, 3.63) is 152 Å². The maximum atomic E-state index is 5.49. The molecular formula is C42H27N5. The second-order valence-electron chi connectivity index (χ2n) is 12.1. The van der Waals surface area contributed by atoms with Gasteiger partial charge >= 0.3 is 0 Å². The van der Waals surface area contributed by atoms with E-state index in [1.54, 1.807) is 0 Å². The van der Waals surface area contributed by atoms with Crippen molar-refractivity contribution in [2.75, 3.05) is 0 Å². The van der Waals surface area contributed by atoms with Crippen LogP contribution >= 0.6 is 0 Å². The van der Waals surface area contributed by atoms with Gasteiger partial charge in [0.2, 0.25) is 0 Å². The number of nitrogens with zero attached hydrogens (tertiary/aromatic N) is 3. The summed E-state index contributed by atoms with van der Waals surface area (Å²) in [6.45, 7) is 0. The molecule has 0 fully saturated rings. The van der Waals surface area contributed by atoms with Crippen LogP contribution in [0.25, 0.3) is 93.7 Å². The number of rotatable bonds is 4. The third-order valence-electron chi connectivity index (χ3n) is 9.37. The van der Waals surface area contributed by atoms with Crippen molar-refractivity contribution in [2.24, 2.45) is 0 Å². The summed E-state index contributed by atoms with van der Waals surface area (Å²) >= 11 is 0. The number of pyridine rings is 2. The number of hydrogen-bond donors (Lipinski definition) is 2. The highest BCUT2D eigenvalue weighted by Crippen LogP contribution is 2.46. The number of nitrogens with one attached hydrogen (secondary N) is 2. The topological polar surface area (TPSA) is 62.3 Å². The molecule has 220 valence electrons. The third kappa shape index (κ3) is 3.97. The van der Waals surface area contributed by atoms with E-state index in [2.05, 4.69) is 161 Å². The standard InChI is InChI=1S/C42H27N5/c1-2-13-29-25-47(24-28(29)12-1)42-39(40-30-14-5-3-11-27(30)22-44-40)38-32(33-23-43-35-18-8-6-15-31(33)35)16-9-19-36(38)46-41(42)37-21-20-26-10-4-7-17-34(26)45-37/h1-25,43-44H. The van der Waals surface area contributed by atoms with Gasteiger partial charge in [-0.1, -0.05) is 103 Å². The molecule has 5 heteroatoms. The Kier molecular flexibility index (Phi) is 5.51. The first-order valence-corrected chi connectivity index (χ1v) is 15.8. The molecule has 0 unspecified atom stereocenters. The summed E-state index contributed by atoms with van der Waals surface area (Å²) in [7, 11) is 0. The third-order valence-corrected chi connectivity index (χ3v) is 9.37. The number of hydrogen-bond acceptors (Lipinski definition) is 2. The van der Waals surface area contributed by atoms with Crippen molar-refractivity contribution < 1.29 is 0 Å². The van der Waals surface area contributed by atoms with Crippen molar-refractivity contribution in [3.8, 4) is 39.5 Å². The van der Waals surface area contributed by atoms with E-state index in [0.717, 1.165) is 88.3 Å². The van der Waals surface area contributed by atoms with Crippen LogP contribution in [0.4, 0.5) is 0 Å². The van der Waals surface area contributed by atoms with E-state index in [0.29, 0.717) is 0 Å². The monoisotopic (exact) mass is 601 g/mol. The molecule has 0 saturated carbocycles. The molecule has 10 aromatic rings. The number of aromatic amines is 2. The van der Waals surface area contributed by atoms with E-state index in [-0.39, 0.29) is 0 Å². The predicted molar refractivity (Wildman–Crippen MR) is 194 cm³/mol. The molecule has 0 radical (unpaired) electrons. The predicted octanol–water partition coefficient (Wildman–Crippen LogP) is 10.7. The van der Waals surface area contributed by atoms with Gasteiger partial charge in [0.1, 0.15) is 5.69 Å². The maximum Gasteiger partial charge on any atom is 0.114 e. The van der Waals surface area contributed by atoms with Crippen LogP contribution < -0.4 is 0 Å². The zero-order chi connectivity index (χ0) is 30.9. The number of aromatic nitrogens is 5. The highest BCUT2D eigenvalue weighted by molar-refractivity contribution is 6.16. The van der Waals surface area contributed by atoms with Crippen LogP contribution in [0.3, 0.4) is 0 Å². The smallest absolute Gasteiger partial charge is 0.114 e. The van der Waals surface area contributed by atoms with Crippen molar-refractivity contribution in [1.82, 2.24) is 24.5 Å². The van der Waals surface area contributed by atoms with Crippen LogP contribution in [0.15, 0.2) is 152 Å². The molecule has 0 bridgehead atoms. The molecule has 0 aliphatic rings. The van der Waals surface area contributed by atoms with Crippen molar-refractivity contribution >= 4 is 54.3 Å². The largest absolute Gasteiger partial charge is 0.361 e. The van der Waals surface area contributed by atoms with Gasteiger partial charge in [-0.3, -0.25) is 0 Å². The van der Waals surface area contributed by atoms with Crippen LogP contribution in [-0.4, -0.2) is 24.5 Å². The quantitative estimate of drug-likeness (QED) is 0.211. The molecular weight excluding hydrogens is 574 g/mol. The first-order chi connectivity index (χ1) is 23.3. The lowest BCUT2D eigenvalue weighted by molar-refractivity contribution is 1.07. The summed E-state index contributed by atoms with van der Waals surface area (Å²) in [6, 6.07) is 44.5. The van der Waals surface area contributed by atoms with Gasteiger partial charge in [0.25, 0.3) is 0 Å². The minimum absolute atomic E-state index is 0.827. The van der Waals surface area contributed by atoms with E-state index in [1.165, 1.54) is 5.39 Å². The van der Waals surface area contributed by atoms with Gasteiger partial charge in [0, 0.05) is 63.0 Å². The summed E-state index contributed by atoms with van der Waals surface area (Å²) in [6.07, 6.45) is 8.66. The lowest BCUT2D eigenvalue weighted by atomic mass is 9.92. The molecule has 5 aromatic heterocycles. The number of benzene rings is 5. The molecule has 10 rings (SSSR count). The van der Waals surface area contributed by atoms with Gasteiger partial charge in [-0.2, -0.15) is 0 Å². The van der Waals surface area contributed by atoms with E-state index in [9.17, 15) is 0 Å². The molecule has 0 amide bonds. The molecule has 5 aromatic carbocycles. The highest BCUT2D eigenvalue weighted by Gasteiger charge is 2.25. The molecule has 0 saturated heterocycles. The van der Waals surface area contributed by atoms with Crippen LogP contribution in [0.5, 0.6) is 0 Å². The van der Waals surface area contributed by atoms with E-state index < -0.39 is 0 Å². The average Bonchev–Trinajstić information content (AvgIpc) is 3.87. The Morgan fingerprint density at radius 1 is 0.489 bits per heavy atom. The van der Waals surface area contributed by atoms with Gasteiger partial charge in [0.15, 0.2) is 0 Å². The second kappa shape index (κ2) is 10.0. The number of H-pyrrole nitrogens is 2. The Hall–Kier alpha value is -6.46. The molecule has 0 atom stereocenters. The Bertz CT molecular complexity index is 2780. The van der Waals surface area contributed by atoms with Gasteiger partial charge < -0.3 is 14.5 Å².